The first-order valence-electron chi connectivity index (χ1n) is 4.80. The fourth-order valence-corrected chi connectivity index (χ4v) is 1.81. The summed E-state index contributed by atoms with van der Waals surface area (Å²) in [5.74, 6) is 3.13. The molecule has 0 atom stereocenters. The van der Waals surface area contributed by atoms with Crippen molar-refractivity contribution in [2.45, 2.75) is 38.9 Å². The maximum Gasteiger partial charge on any atom is 0.129 e. The third-order valence-corrected chi connectivity index (χ3v) is 3.06. The normalized spacial score (nSPS) is 11.4. The molecule has 0 aliphatic carbocycles. The Morgan fingerprint density at radius 2 is 1.92 bits per heavy atom. The average Bonchev–Trinajstić information content (AvgIpc) is 2.01. The largest absolute Gasteiger partial charge is 0.129 e. The minimum absolute atomic E-state index is 1.15. The van der Waals surface area contributed by atoms with Gasteiger partial charge in [0.05, 0.1) is 0 Å². The second-order valence-electron chi connectivity index (χ2n) is 4.11. The number of hydrogen-bond donors (Lipinski definition) is 0. The number of unbranched alkanes of at least 4 members (excludes halogenated alkanes) is 2. The van der Waals surface area contributed by atoms with E-state index in [0.29, 0.717) is 0 Å². The van der Waals surface area contributed by atoms with Crippen molar-refractivity contribution in [3.63, 3.8) is 0 Å². The topological polar surface area (TPSA) is 0 Å². The van der Waals surface area contributed by atoms with Crippen molar-refractivity contribution in [1.82, 2.24) is 0 Å². The Morgan fingerprint density at radius 3 is 2.46 bits per heavy atom. The number of rotatable bonds is 4. The van der Waals surface area contributed by atoms with Crippen molar-refractivity contribution in [2.24, 2.45) is 0 Å². The summed E-state index contributed by atoms with van der Waals surface area (Å²) in [6.45, 7) is 6.80. The molecule has 13 heavy (non-hydrogen) atoms. The van der Waals surface area contributed by atoms with Gasteiger partial charge in [-0.05, 0) is 29.8 Å². The first kappa shape index (κ1) is 13.2. The van der Waals surface area contributed by atoms with E-state index in [1.807, 2.05) is 6.08 Å². The molecule has 0 bridgehead atoms. The summed E-state index contributed by atoms with van der Waals surface area (Å²) in [5.41, 5.74) is 3.31. The van der Waals surface area contributed by atoms with Crippen LogP contribution >= 0.6 is 22.6 Å². The van der Waals surface area contributed by atoms with Crippen LogP contribution < -0.4 is 0 Å². The second kappa shape index (κ2) is 7.63. The van der Waals surface area contributed by atoms with Crippen molar-refractivity contribution < 1.29 is 0 Å². The average molecular weight is 306 g/mol. The van der Waals surface area contributed by atoms with Crippen LogP contribution in [-0.4, -0.2) is 12.5 Å². The van der Waals surface area contributed by atoms with Gasteiger partial charge in [-0.3, -0.25) is 0 Å². The second-order valence-corrected chi connectivity index (χ2v) is 9.94. The van der Waals surface area contributed by atoms with E-state index in [2.05, 4.69) is 59.8 Å². The third-order valence-electron chi connectivity index (χ3n) is 1.40. The zero-order valence-electron chi connectivity index (χ0n) is 8.86. The maximum atomic E-state index is 3.31. The molecule has 0 heterocycles. The maximum absolute atomic E-state index is 3.31. The highest BCUT2D eigenvalue weighted by Crippen LogP contribution is 1.99. The summed E-state index contributed by atoms with van der Waals surface area (Å²) in [7, 11) is -1.15. The van der Waals surface area contributed by atoms with Crippen LogP contribution in [0.5, 0.6) is 0 Å². The molecule has 0 unspecified atom stereocenters. The molecule has 0 amide bonds. The predicted octanol–water partition coefficient (Wildman–Crippen LogP) is 4.03. The molecule has 0 rings (SSSR count). The molecule has 0 aromatic rings. The van der Waals surface area contributed by atoms with E-state index in [4.69, 9.17) is 0 Å². The fraction of sp³-hybridized carbons (Fsp3) is 0.636. The summed E-state index contributed by atoms with van der Waals surface area (Å²) in [6.07, 6.45) is 8.02. The summed E-state index contributed by atoms with van der Waals surface area (Å²) >= 11 is 2.42. The van der Waals surface area contributed by atoms with Crippen molar-refractivity contribution >= 4 is 30.7 Å². The van der Waals surface area contributed by atoms with E-state index in [1.165, 1.54) is 23.7 Å². The SMILES string of the molecule is C[Si](C)(C)C#C/C=C/CCCCI. The van der Waals surface area contributed by atoms with E-state index >= 15 is 0 Å². The molecule has 0 spiro atoms. The molecule has 0 aromatic carbocycles. The van der Waals surface area contributed by atoms with Gasteiger partial charge < -0.3 is 0 Å². The molecule has 0 aromatic heterocycles. The van der Waals surface area contributed by atoms with E-state index in [1.54, 1.807) is 0 Å². The van der Waals surface area contributed by atoms with Crippen LogP contribution in [0.4, 0.5) is 0 Å². The highest BCUT2D eigenvalue weighted by Gasteiger charge is 2.06. The van der Waals surface area contributed by atoms with Gasteiger partial charge in [0.15, 0.2) is 0 Å². The zero-order chi connectivity index (χ0) is 10.2. The Kier molecular flexibility index (Phi) is 7.78. The summed E-state index contributed by atoms with van der Waals surface area (Å²) in [4.78, 5) is 0. The molecule has 0 radical (unpaired) electrons. The lowest BCUT2D eigenvalue weighted by Gasteiger charge is -2.02. The van der Waals surface area contributed by atoms with Gasteiger partial charge in [-0.1, -0.05) is 54.2 Å². The van der Waals surface area contributed by atoms with E-state index < -0.39 is 8.07 Å². The molecule has 0 saturated carbocycles. The lowest BCUT2D eigenvalue weighted by molar-refractivity contribution is 0.831. The molecular formula is C11H19ISi. The van der Waals surface area contributed by atoms with Crippen LogP contribution in [-0.2, 0) is 0 Å². The van der Waals surface area contributed by atoms with Crippen LogP contribution in [0.1, 0.15) is 19.3 Å². The van der Waals surface area contributed by atoms with Gasteiger partial charge in [0.1, 0.15) is 8.07 Å². The minimum Gasteiger partial charge on any atom is -0.127 e. The summed E-state index contributed by atoms with van der Waals surface area (Å²) in [5, 5.41) is 0. The van der Waals surface area contributed by atoms with Crippen LogP contribution in [0.2, 0.25) is 19.6 Å². The Balaban J connectivity index is 3.55. The van der Waals surface area contributed by atoms with Crippen molar-refractivity contribution in [1.29, 1.82) is 0 Å². The van der Waals surface area contributed by atoms with E-state index in [9.17, 15) is 0 Å². The Bertz CT molecular complexity index is 202. The first-order valence-corrected chi connectivity index (χ1v) is 9.82. The molecule has 0 aliphatic heterocycles. The van der Waals surface area contributed by atoms with Gasteiger partial charge in [0, 0.05) is 0 Å². The molecule has 0 N–H and O–H groups in total. The number of allylic oxidation sites excluding steroid dienone is 2. The van der Waals surface area contributed by atoms with Crippen molar-refractivity contribution in [3.05, 3.63) is 12.2 Å². The lowest BCUT2D eigenvalue weighted by atomic mass is 10.2. The van der Waals surface area contributed by atoms with E-state index in [-0.39, 0.29) is 0 Å². The van der Waals surface area contributed by atoms with Crippen molar-refractivity contribution in [3.8, 4) is 11.5 Å². The smallest absolute Gasteiger partial charge is 0.127 e. The first-order chi connectivity index (χ1) is 6.06. The van der Waals surface area contributed by atoms with Gasteiger partial charge >= 0.3 is 0 Å². The Morgan fingerprint density at radius 1 is 1.23 bits per heavy atom. The molecule has 0 aliphatic rings. The Labute approximate surface area is 97.3 Å². The molecule has 74 valence electrons. The monoisotopic (exact) mass is 306 g/mol. The van der Waals surface area contributed by atoms with Crippen LogP contribution in [0.3, 0.4) is 0 Å². The molecule has 2 heteroatoms. The molecular weight excluding hydrogens is 287 g/mol. The van der Waals surface area contributed by atoms with Gasteiger partial charge in [-0.25, -0.2) is 0 Å². The fourth-order valence-electron chi connectivity index (χ4n) is 0.757. The van der Waals surface area contributed by atoms with Crippen LogP contribution in [0.25, 0.3) is 0 Å². The third kappa shape index (κ3) is 12.2. The van der Waals surface area contributed by atoms with Gasteiger partial charge in [-0.2, -0.15) is 0 Å². The van der Waals surface area contributed by atoms with E-state index in [0.717, 1.165) is 0 Å². The van der Waals surface area contributed by atoms with Gasteiger partial charge in [0.25, 0.3) is 0 Å². The molecule has 0 fully saturated rings. The minimum atomic E-state index is -1.15. The number of alkyl halides is 1. The van der Waals surface area contributed by atoms with Crippen molar-refractivity contribution in [2.75, 3.05) is 4.43 Å². The lowest BCUT2D eigenvalue weighted by Crippen LogP contribution is -2.16. The number of halogens is 1. The molecule has 0 nitrogen and oxygen atoms in total. The van der Waals surface area contributed by atoms with Gasteiger partial charge in [0.2, 0.25) is 0 Å². The number of hydrogen-bond acceptors (Lipinski definition) is 0. The highest BCUT2D eigenvalue weighted by molar-refractivity contribution is 14.1. The zero-order valence-corrected chi connectivity index (χ0v) is 12.0. The predicted molar refractivity (Wildman–Crippen MR) is 73.0 cm³/mol. The van der Waals surface area contributed by atoms with Crippen LogP contribution in [0, 0.1) is 11.5 Å². The summed E-state index contributed by atoms with van der Waals surface area (Å²) < 4.78 is 1.27. The van der Waals surface area contributed by atoms with Crippen LogP contribution in [0.15, 0.2) is 12.2 Å². The standard InChI is InChI=1S/C11H19ISi/c1-13(2,3)11-9-7-5-4-6-8-10-12/h5,7H,4,6,8,10H2,1-3H3/b7-5+. The summed E-state index contributed by atoms with van der Waals surface area (Å²) in [6, 6.07) is 0. The Hall–Kier alpha value is 0.247. The molecule has 0 saturated heterocycles. The quantitative estimate of drug-likeness (QED) is 0.242. The highest BCUT2D eigenvalue weighted by atomic mass is 127. The van der Waals surface area contributed by atoms with Gasteiger partial charge in [-0.15, -0.1) is 5.54 Å².